The van der Waals surface area contributed by atoms with Gasteiger partial charge < -0.3 is 15.2 Å². The lowest BCUT2D eigenvalue weighted by Gasteiger charge is -2.06. The summed E-state index contributed by atoms with van der Waals surface area (Å²) < 4.78 is 5.07. The van der Waals surface area contributed by atoms with Crippen LogP contribution in [0.25, 0.3) is 0 Å². The molecule has 0 saturated heterocycles. The van der Waals surface area contributed by atoms with E-state index in [2.05, 4.69) is 5.32 Å². The van der Waals surface area contributed by atoms with E-state index in [9.17, 15) is 9.59 Å². The fraction of sp³-hybridized carbons (Fsp3) is 0.222. The lowest BCUT2D eigenvalue weighted by Crippen LogP contribution is -2.27. The minimum absolute atomic E-state index is 0.0441. The molecule has 0 spiro atoms. The lowest BCUT2D eigenvalue weighted by atomic mass is 10.1. The molecule has 0 radical (unpaired) electrons. The molecule has 0 aromatic heterocycles. The molecule has 0 aliphatic carbocycles. The Kier molecular flexibility index (Phi) is 5.74. The first-order chi connectivity index (χ1) is 11.1. The molecule has 0 saturated carbocycles. The summed E-state index contributed by atoms with van der Waals surface area (Å²) >= 11 is 0. The molecule has 0 heterocycles. The Hall–Kier alpha value is -2.82. The molecule has 2 aromatic rings. The molecular weight excluding hydrogens is 294 g/mol. The second-order valence-corrected chi connectivity index (χ2v) is 5.13. The van der Waals surface area contributed by atoms with Gasteiger partial charge in [-0.05, 0) is 41.8 Å². The van der Waals surface area contributed by atoms with E-state index in [1.165, 1.54) is 0 Å². The van der Waals surface area contributed by atoms with E-state index < -0.39 is 5.97 Å². The first-order valence-corrected chi connectivity index (χ1v) is 7.30. The highest BCUT2D eigenvalue weighted by Crippen LogP contribution is 2.11. The zero-order valence-electron chi connectivity index (χ0n) is 12.9. The Morgan fingerprint density at radius 3 is 2.17 bits per heavy atom. The Morgan fingerprint density at radius 1 is 1.00 bits per heavy atom. The zero-order valence-corrected chi connectivity index (χ0v) is 12.9. The Labute approximate surface area is 134 Å². The Morgan fingerprint density at radius 2 is 1.61 bits per heavy atom. The maximum atomic E-state index is 11.9. The molecule has 0 unspecified atom stereocenters. The minimum Gasteiger partial charge on any atom is -0.497 e. The van der Waals surface area contributed by atoms with Crippen LogP contribution in [-0.4, -0.2) is 30.6 Å². The van der Waals surface area contributed by atoms with E-state index in [-0.39, 0.29) is 11.5 Å². The SMILES string of the molecule is COc1ccc(CC(=O)NCCc2ccc(C(=O)O)cc2)cc1. The van der Waals surface area contributed by atoms with E-state index in [1.807, 2.05) is 24.3 Å². The van der Waals surface area contributed by atoms with E-state index in [0.717, 1.165) is 16.9 Å². The summed E-state index contributed by atoms with van der Waals surface area (Å²) in [7, 11) is 1.60. The van der Waals surface area contributed by atoms with Crippen LogP contribution >= 0.6 is 0 Å². The van der Waals surface area contributed by atoms with Crippen LogP contribution < -0.4 is 10.1 Å². The number of carbonyl (C=O) groups is 2. The number of carboxylic acids is 1. The number of rotatable bonds is 7. The molecule has 23 heavy (non-hydrogen) atoms. The monoisotopic (exact) mass is 313 g/mol. The van der Waals surface area contributed by atoms with E-state index in [0.29, 0.717) is 19.4 Å². The van der Waals surface area contributed by atoms with Crippen molar-refractivity contribution in [2.75, 3.05) is 13.7 Å². The minimum atomic E-state index is -0.940. The first kappa shape index (κ1) is 16.5. The van der Waals surface area contributed by atoms with Crippen LogP contribution in [0.15, 0.2) is 48.5 Å². The molecule has 0 aliphatic heterocycles. The van der Waals surface area contributed by atoms with Crippen molar-refractivity contribution in [3.8, 4) is 5.75 Å². The van der Waals surface area contributed by atoms with Crippen molar-refractivity contribution in [2.24, 2.45) is 0 Å². The van der Waals surface area contributed by atoms with Gasteiger partial charge in [-0.3, -0.25) is 4.79 Å². The number of aromatic carboxylic acids is 1. The van der Waals surface area contributed by atoms with Gasteiger partial charge in [-0.15, -0.1) is 0 Å². The van der Waals surface area contributed by atoms with Gasteiger partial charge in [0.05, 0.1) is 19.1 Å². The van der Waals surface area contributed by atoms with Crippen molar-refractivity contribution in [3.63, 3.8) is 0 Å². The third-order valence-electron chi connectivity index (χ3n) is 3.46. The number of methoxy groups -OCH3 is 1. The smallest absolute Gasteiger partial charge is 0.335 e. The number of carboxylic acid groups (broad SMARTS) is 1. The van der Waals surface area contributed by atoms with Crippen LogP contribution in [0.5, 0.6) is 5.75 Å². The highest BCUT2D eigenvalue weighted by molar-refractivity contribution is 5.87. The second kappa shape index (κ2) is 7.98. The number of amides is 1. The summed E-state index contributed by atoms with van der Waals surface area (Å²) in [5, 5.41) is 11.7. The van der Waals surface area contributed by atoms with Crippen molar-refractivity contribution in [1.29, 1.82) is 0 Å². The standard InChI is InChI=1S/C18H19NO4/c1-23-16-8-4-14(5-9-16)12-17(20)19-11-10-13-2-6-15(7-3-13)18(21)22/h2-9H,10-12H2,1H3,(H,19,20)(H,21,22). The van der Waals surface area contributed by atoms with Gasteiger partial charge in [0.1, 0.15) is 5.75 Å². The number of hydrogen-bond acceptors (Lipinski definition) is 3. The predicted octanol–water partition coefficient (Wildman–Crippen LogP) is 2.29. The topological polar surface area (TPSA) is 75.6 Å². The molecule has 0 aliphatic rings. The summed E-state index contributed by atoms with van der Waals surface area (Å²) in [6.07, 6.45) is 0.982. The first-order valence-electron chi connectivity index (χ1n) is 7.30. The molecular formula is C18H19NO4. The van der Waals surface area contributed by atoms with Crippen LogP contribution in [0.3, 0.4) is 0 Å². The van der Waals surface area contributed by atoms with Gasteiger partial charge in [0, 0.05) is 6.54 Å². The molecule has 5 heteroatoms. The Bertz CT molecular complexity index is 662. The van der Waals surface area contributed by atoms with Crippen LogP contribution in [-0.2, 0) is 17.6 Å². The summed E-state index contributed by atoms with van der Waals surface area (Å²) in [5.74, 6) is -0.222. The number of carbonyl (C=O) groups excluding carboxylic acids is 1. The fourth-order valence-corrected chi connectivity index (χ4v) is 2.15. The van der Waals surface area contributed by atoms with Crippen molar-refractivity contribution in [3.05, 3.63) is 65.2 Å². The van der Waals surface area contributed by atoms with E-state index >= 15 is 0 Å². The third-order valence-corrected chi connectivity index (χ3v) is 3.46. The molecule has 120 valence electrons. The van der Waals surface area contributed by atoms with Crippen molar-refractivity contribution in [2.45, 2.75) is 12.8 Å². The molecule has 2 N–H and O–H groups in total. The average Bonchev–Trinajstić information content (AvgIpc) is 2.56. The summed E-state index contributed by atoms with van der Waals surface area (Å²) in [4.78, 5) is 22.6. The molecule has 0 bridgehead atoms. The van der Waals surface area contributed by atoms with E-state index in [1.54, 1.807) is 31.4 Å². The Balaban J connectivity index is 1.76. The molecule has 0 atom stereocenters. The number of ether oxygens (including phenoxy) is 1. The van der Waals surface area contributed by atoms with Gasteiger partial charge in [-0.1, -0.05) is 24.3 Å². The van der Waals surface area contributed by atoms with E-state index in [4.69, 9.17) is 9.84 Å². The normalized spacial score (nSPS) is 10.1. The highest BCUT2D eigenvalue weighted by atomic mass is 16.5. The molecule has 5 nitrogen and oxygen atoms in total. The second-order valence-electron chi connectivity index (χ2n) is 5.13. The van der Waals surface area contributed by atoms with Gasteiger partial charge in [0.25, 0.3) is 0 Å². The van der Waals surface area contributed by atoms with Gasteiger partial charge in [0.2, 0.25) is 5.91 Å². The van der Waals surface area contributed by atoms with Crippen molar-refractivity contribution >= 4 is 11.9 Å². The highest BCUT2D eigenvalue weighted by Gasteiger charge is 2.05. The van der Waals surface area contributed by atoms with Gasteiger partial charge >= 0.3 is 5.97 Å². The predicted molar refractivity (Wildman–Crippen MR) is 86.8 cm³/mol. The quantitative estimate of drug-likeness (QED) is 0.822. The zero-order chi connectivity index (χ0) is 16.7. The number of nitrogens with one attached hydrogen (secondary N) is 1. The molecule has 2 aromatic carbocycles. The average molecular weight is 313 g/mol. The summed E-state index contributed by atoms with van der Waals surface area (Å²) in [6, 6.07) is 14.0. The summed E-state index contributed by atoms with van der Waals surface area (Å²) in [6.45, 7) is 0.515. The largest absolute Gasteiger partial charge is 0.497 e. The molecule has 0 fully saturated rings. The van der Waals surface area contributed by atoms with Crippen LogP contribution in [0.4, 0.5) is 0 Å². The van der Waals surface area contributed by atoms with Crippen molar-refractivity contribution < 1.29 is 19.4 Å². The number of hydrogen-bond donors (Lipinski definition) is 2. The maximum absolute atomic E-state index is 11.9. The molecule has 2 rings (SSSR count). The van der Waals surface area contributed by atoms with Gasteiger partial charge in [-0.25, -0.2) is 4.79 Å². The van der Waals surface area contributed by atoms with Crippen LogP contribution in [0, 0.1) is 0 Å². The summed E-state index contributed by atoms with van der Waals surface area (Å²) in [5.41, 5.74) is 2.17. The maximum Gasteiger partial charge on any atom is 0.335 e. The van der Waals surface area contributed by atoms with Gasteiger partial charge in [-0.2, -0.15) is 0 Å². The fourth-order valence-electron chi connectivity index (χ4n) is 2.15. The van der Waals surface area contributed by atoms with Crippen molar-refractivity contribution in [1.82, 2.24) is 5.32 Å². The third kappa shape index (κ3) is 5.14. The van der Waals surface area contributed by atoms with Crippen LogP contribution in [0.2, 0.25) is 0 Å². The van der Waals surface area contributed by atoms with Gasteiger partial charge in [0.15, 0.2) is 0 Å². The van der Waals surface area contributed by atoms with Crippen LogP contribution in [0.1, 0.15) is 21.5 Å². The molecule has 1 amide bonds. The lowest BCUT2D eigenvalue weighted by molar-refractivity contribution is -0.120. The number of benzene rings is 2.